The topological polar surface area (TPSA) is 110 Å². The molecule has 0 spiro atoms. The molecule has 7 nitrogen and oxygen atoms in total. The molecule has 3 aromatic rings. The first-order valence-corrected chi connectivity index (χ1v) is 11.9. The highest BCUT2D eigenvalue weighted by atomic mass is 32.2. The number of carbonyl (C=O) groups is 2. The lowest BCUT2D eigenvalue weighted by Crippen LogP contribution is -2.42. The van der Waals surface area contributed by atoms with Crippen LogP contribution in [0.15, 0.2) is 83.8 Å². The zero-order valence-corrected chi connectivity index (χ0v) is 18.9. The van der Waals surface area contributed by atoms with Crippen molar-refractivity contribution in [1.82, 2.24) is 4.72 Å². The number of rotatable bonds is 10. The van der Waals surface area contributed by atoms with E-state index in [4.69, 9.17) is 4.74 Å². The van der Waals surface area contributed by atoms with Gasteiger partial charge in [0.2, 0.25) is 10.0 Å². The molecule has 0 fully saturated rings. The minimum absolute atomic E-state index is 0.0181. The van der Waals surface area contributed by atoms with Crippen molar-refractivity contribution in [1.29, 1.82) is 0 Å². The molecule has 0 saturated carbocycles. The molecule has 0 saturated heterocycles. The van der Waals surface area contributed by atoms with Crippen LogP contribution >= 0.6 is 0 Å². The van der Waals surface area contributed by atoms with Crippen LogP contribution in [0.5, 0.6) is 5.75 Å². The first-order valence-electron chi connectivity index (χ1n) is 10.4. The fraction of sp³-hybridized carbons (Fsp3) is 0.200. The zero-order chi connectivity index (χ0) is 23.8. The van der Waals surface area contributed by atoms with Crippen molar-refractivity contribution in [2.24, 2.45) is 0 Å². The summed E-state index contributed by atoms with van der Waals surface area (Å²) < 4.78 is 33.1. The van der Waals surface area contributed by atoms with Crippen molar-refractivity contribution >= 4 is 22.0 Å². The Morgan fingerprint density at radius 2 is 1.52 bits per heavy atom. The number of aryl methyl sites for hydroxylation is 2. The summed E-state index contributed by atoms with van der Waals surface area (Å²) >= 11 is 0. The van der Waals surface area contributed by atoms with Gasteiger partial charge in [-0.2, -0.15) is 4.72 Å². The molecular formula is C25H25NO6S. The van der Waals surface area contributed by atoms with E-state index in [9.17, 15) is 23.1 Å². The summed E-state index contributed by atoms with van der Waals surface area (Å²) in [4.78, 5) is 22.7. The third-order valence-electron chi connectivity index (χ3n) is 4.97. The van der Waals surface area contributed by atoms with Crippen LogP contribution in [-0.2, 0) is 38.9 Å². The number of ether oxygens (including phenoxy) is 1. The van der Waals surface area contributed by atoms with Crippen LogP contribution in [0.2, 0.25) is 0 Å². The van der Waals surface area contributed by atoms with Gasteiger partial charge in [0.15, 0.2) is 0 Å². The predicted octanol–water partition coefficient (Wildman–Crippen LogP) is 3.37. The summed E-state index contributed by atoms with van der Waals surface area (Å²) in [7, 11) is -4.03. The third-order valence-corrected chi connectivity index (χ3v) is 6.44. The molecule has 0 unspecified atom stereocenters. The molecule has 33 heavy (non-hydrogen) atoms. The van der Waals surface area contributed by atoms with Gasteiger partial charge in [-0.1, -0.05) is 54.6 Å². The highest BCUT2D eigenvalue weighted by Gasteiger charge is 2.25. The molecule has 172 valence electrons. The molecule has 1 atom stereocenters. The fourth-order valence-corrected chi connectivity index (χ4v) is 4.59. The van der Waals surface area contributed by atoms with Gasteiger partial charge in [0.05, 0.1) is 4.90 Å². The first-order chi connectivity index (χ1) is 15.7. The lowest BCUT2D eigenvalue weighted by molar-refractivity contribution is -0.139. The first kappa shape index (κ1) is 24.2. The molecule has 0 aliphatic carbocycles. The van der Waals surface area contributed by atoms with Crippen molar-refractivity contribution in [3.05, 3.63) is 95.6 Å². The van der Waals surface area contributed by atoms with Gasteiger partial charge in [0.25, 0.3) is 0 Å². The van der Waals surface area contributed by atoms with E-state index in [-0.39, 0.29) is 17.3 Å². The summed E-state index contributed by atoms with van der Waals surface area (Å²) in [6.45, 7) is 1.34. The van der Waals surface area contributed by atoms with Crippen LogP contribution < -0.4 is 9.46 Å². The van der Waals surface area contributed by atoms with Crippen molar-refractivity contribution < 1.29 is 27.9 Å². The van der Waals surface area contributed by atoms with E-state index >= 15 is 0 Å². The van der Waals surface area contributed by atoms with Crippen LogP contribution in [0.25, 0.3) is 0 Å². The Morgan fingerprint density at radius 1 is 0.879 bits per heavy atom. The van der Waals surface area contributed by atoms with Crippen molar-refractivity contribution in [2.75, 3.05) is 0 Å². The van der Waals surface area contributed by atoms with Crippen molar-refractivity contribution in [3.8, 4) is 5.75 Å². The lowest BCUT2D eigenvalue weighted by Gasteiger charge is -2.15. The van der Waals surface area contributed by atoms with E-state index in [0.29, 0.717) is 18.6 Å². The Labute approximate surface area is 193 Å². The molecule has 8 heteroatoms. The van der Waals surface area contributed by atoms with Crippen LogP contribution in [-0.4, -0.2) is 31.5 Å². The zero-order valence-electron chi connectivity index (χ0n) is 18.1. The summed E-state index contributed by atoms with van der Waals surface area (Å²) in [5, 5.41) is 9.52. The number of carboxylic acid groups (broad SMARTS) is 1. The van der Waals surface area contributed by atoms with Gasteiger partial charge < -0.3 is 9.84 Å². The van der Waals surface area contributed by atoms with E-state index < -0.39 is 22.0 Å². The Bertz CT molecular complexity index is 1210. The maximum atomic E-state index is 12.9. The van der Waals surface area contributed by atoms with Gasteiger partial charge in [0.1, 0.15) is 11.8 Å². The number of hydrogen-bond acceptors (Lipinski definition) is 5. The van der Waals surface area contributed by atoms with Crippen molar-refractivity contribution in [2.45, 2.75) is 37.1 Å². The number of sulfonamides is 1. The summed E-state index contributed by atoms with van der Waals surface area (Å²) in [5.74, 6) is -1.16. The van der Waals surface area contributed by atoms with Crippen molar-refractivity contribution in [3.63, 3.8) is 0 Å². The van der Waals surface area contributed by atoms with Crippen LogP contribution in [0.3, 0.4) is 0 Å². The Balaban J connectivity index is 1.67. The van der Waals surface area contributed by atoms with Crippen LogP contribution in [0, 0.1) is 0 Å². The van der Waals surface area contributed by atoms with Crippen LogP contribution in [0.1, 0.15) is 23.6 Å². The minimum atomic E-state index is -4.03. The number of hydrogen-bond donors (Lipinski definition) is 2. The molecular weight excluding hydrogens is 442 g/mol. The Kier molecular flexibility index (Phi) is 7.97. The second-order valence-electron chi connectivity index (χ2n) is 7.59. The second-order valence-corrected chi connectivity index (χ2v) is 9.30. The van der Waals surface area contributed by atoms with Gasteiger partial charge >= 0.3 is 11.9 Å². The summed E-state index contributed by atoms with van der Waals surface area (Å²) in [5.41, 5.74) is 2.53. The Morgan fingerprint density at radius 3 is 2.15 bits per heavy atom. The smallest absolute Gasteiger partial charge is 0.322 e. The number of benzene rings is 3. The lowest BCUT2D eigenvalue weighted by atomic mass is 10.0. The van der Waals surface area contributed by atoms with Gasteiger partial charge in [-0.15, -0.1) is 0 Å². The molecule has 2 N–H and O–H groups in total. The molecule has 0 amide bonds. The van der Waals surface area contributed by atoms with Gasteiger partial charge in [-0.05, 0) is 60.2 Å². The highest BCUT2D eigenvalue weighted by Crippen LogP contribution is 2.17. The fourth-order valence-electron chi connectivity index (χ4n) is 3.33. The molecule has 0 aromatic heterocycles. The van der Waals surface area contributed by atoms with Crippen LogP contribution in [0.4, 0.5) is 0 Å². The number of carbonyl (C=O) groups excluding carboxylic acids is 1. The number of esters is 1. The minimum Gasteiger partial charge on any atom is -0.480 e. The predicted molar refractivity (Wildman–Crippen MR) is 123 cm³/mol. The third kappa shape index (κ3) is 7.27. The number of aliphatic carboxylic acids is 1. The van der Waals surface area contributed by atoms with Gasteiger partial charge in [0, 0.05) is 6.92 Å². The van der Waals surface area contributed by atoms with E-state index in [1.807, 2.05) is 24.3 Å². The normalized spacial score (nSPS) is 12.2. The average Bonchev–Trinajstić information content (AvgIpc) is 2.78. The standard InChI is InChI=1S/C25H25NO6S/c1-18(27)32-22-14-12-19(13-15-22)10-11-21-8-5-9-23(16-21)33(30,31)26-24(25(28)29)17-20-6-3-2-4-7-20/h2-9,12-16,24,26H,10-11,17H2,1H3,(H,28,29)/t24-/m0/s1. The maximum Gasteiger partial charge on any atom is 0.322 e. The van der Waals surface area contributed by atoms with Gasteiger partial charge in [-0.3, -0.25) is 9.59 Å². The van der Waals surface area contributed by atoms with E-state index in [1.54, 1.807) is 48.5 Å². The summed E-state index contributed by atoms with van der Waals surface area (Å²) in [6.07, 6.45) is 1.28. The monoisotopic (exact) mass is 467 g/mol. The van der Waals surface area contributed by atoms with Gasteiger partial charge in [-0.25, -0.2) is 8.42 Å². The van der Waals surface area contributed by atoms with E-state index in [0.717, 1.165) is 16.7 Å². The molecule has 0 aliphatic heterocycles. The molecule has 0 heterocycles. The SMILES string of the molecule is CC(=O)Oc1ccc(CCc2cccc(S(=O)(=O)N[C@@H](Cc3ccccc3)C(=O)O)c2)cc1. The molecule has 3 rings (SSSR count). The van der Waals surface area contributed by atoms with E-state index in [2.05, 4.69) is 4.72 Å². The number of nitrogens with one attached hydrogen (secondary N) is 1. The molecule has 0 aliphatic rings. The quantitative estimate of drug-likeness (QED) is 0.349. The molecule has 0 radical (unpaired) electrons. The molecule has 0 bridgehead atoms. The second kappa shape index (κ2) is 10.9. The summed E-state index contributed by atoms with van der Waals surface area (Å²) in [6, 6.07) is 21.2. The highest BCUT2D eigenvalue weighted by molar-refractivity contribution is 7.89. The average molecular weight is 468 g/mol. The maximum absolute atomic E-state index is 12.9. The largest absolute Gasteiger partial charge is 0.480 e. The molecule has 3 aromatic carbocycles. The van der Waals surface area contributed by atoms with E-state index in [1.165, 1.54) is 13.0 Å². The number of carboxylic acids is 1. The Hall–Kier alpha value is -3.49.